The zero-order chi connectivity index (χ0) is 14.7. The van der Waals surface area contributed by atoms with Crippen molar-refractivity contribution in [2.45, 2.75) is 11.8 Å². The molecule has 0 amide bonds. The van der Waals surface area contributed by atoms with Crippen LogP contribution in [0.2, 0.25) is 0 Å². The Balaban J connectivity index is -0.0000000542. The van der Waals surface area contributed by atoms with Crippen molar-refractivity contribution in [1.82, 2.24) is 0 Å². The van der Waals surface area contributed by atoms with Gasteiger partial charge in [-0.3, -0.25) is 4.70 Å². The third kappa shape index (κ3) is 20.4. The molecule has 1 rings (SSSR count). The van der Waals surface area contributed by atoms with Crippen molar-refractivity contribution in [3.63, 3.8) is 0 Å². The highest BCUT2D eigenvalue weighted by atomic mass is 32.2. The van der Waals surface area contributed by atoms with Crippen LogP contribution < -0.4 is 0 Å². The molecule has 0 nitrogen and oxygen atoms in total. The van der Waals surface area contributed by atoms with Crippen molar-refractivity contribution < 1.29 is 41.3 Å². The molecule has 0 unspecified atom stereocenters. The minimum Gasteiger partial charge on any atom is -0.269 e. The minimum absolute atomic E-state index is 0. The summed E-state index contributed by atoms with van der Waals surface area (Å²) in [5.74, 6) is 0. The Bertz CT molecular complexity index is 212. The van der Waals surface area contributed by atoms with Crippen LogP contribution in [-0.2, 0) is 0 Å². The van der Waals surface area contributed by atoms with Gasteiger partial charge in [0.25, 0.3) is 0 Å². The Labute approximate surface area is 102 Å². The fraction of sp³-hybridized carbons (Fsp3) is 0.250. The first kappa shape index (κ1) is 30.2. The lowest BCUT2D eigenvalue weighted by Gasteiger charge is -1.97. The van der Waals surface area contributed by atoms with Crippen LogP contribution in [0.5, 0.6) is 0 Å². The first-order valence-corrected chi connectivity index (χ1v) is 4.74. The lowest BCUT2D eigenvalue weighted by atomic mass is 10.2. The molecule has 0 aliphatic heterocycles. The molecule has 10 heteroatoms. The van der Waals surface area contributed by atoms with Gasteiger partial charge in [0.05, 0.1) is 0 Å². The van der Waals surface area contributed by atoms with E-state index >= 15 is 0 Å². The number of aryl methyl sites for hydroxylation is 1. The van der Waals surface area contributed by atoms with Crippen LogP contribution in [0.25, 0.3) is 0 Å². The molecule has 0 spiro atoms. The standard InChI is InChI=1S/C8H10S.4F2.FH/c1-7-5-3-4-6-8(7)9-2;4*1-2;/h3-6H,1-2H3;;;;;1H. The van der Waals surface area contributed by atoms with Gasteiger partial charge < -0.3 is 0 Å². The Kier molecular flexibility index (Phi) is 60.4. The third-order valence-electron chi connectivity index (χ3n) is 1.31. The highest BCUT2D eigenvalue weighted by molar-refractivity contribution is 7.98. The summed E-state index contributed by atoms with van der Waals surface area (Å²) in [6.07, 6.45) is 2.10. The Morgan fingerprint density at radius 3 is 1.33 bits per heavy atom. The topological polar surface area (TPSA) is 0 Å². The summed E-state index contributed by atoms with van der Waals surface area (Å²) in [6.45, 7) is 2.13. The number of halogens is 9. The molecule has 1 aromatic rings. The van der Waals surface area contributed by atoms with E-state index in [-0.39, 0.29) is 4.70 Å². The lowest BCUT2D eigenvalue weighted by molar-refractivity contribution is 0.108. The maximum Gasteiger partial charge on any atom is 0.00983 e. The van der Waals surface area contributed by atoms with Gasteiger partial charge >= 0.3 is 0 Å². The summed E-state index contributed by atoms with van der Waals surface area (Å²) >= 11 is 1.80. The van der Waals surface area contributed by atoms with Gasteiger partial charge in [-0.2, -0.15) is 0 Å². The molecule has 0 bridgehead atoms. The molecule has 0 heterocycles. The molecule has 18 heavy (non-hydrogen) atoms. The van der Waals surface area contributed by atoms with E-state index in [1.165, 1.54) is 10.5 Å². The van der Waals surface area contributed by atoms with E-state index in [4.69, 9.17) is 36.6 Å². The maximum atomic E-state index is 8.00. The number of hydrogen-bond acceptors (Lipinski definition) is 1. The molecule has 0 aliphatic rings. The van der Waals surface area contributed by atoms with Crippen molar-refractivity contribution >= 4 is 11.8 Å². The summed E-state index contributed by atoms with van der Waals surface area (Å²) in [5.41, 5.74) is 1.37. The summed E-state index contributed by atoms with van der Waals surface area (Å²) in [4.78, 5) is 1.37. The van der Waals surface area contributed by atoms with Crippen molar-refractivity contribution in [3.8, 4) is 0 Å². The van der Waals surface area contributed by atoms with Gasteiger partial charge in [0.2, 0.25) is 0 Å². The van der Waals surface area contributed by atoms with E-state index in [9.17, 15) is 0 Å². The molecule has 1 aromatic carbocycles. The van der Waals surface area contributed by atoms with E-state index in [1.807, 2.05) is 0 Å². The number of hydrogen-bond donors (Lipinski definition) is 0. The monoisotopic (exact) mass is 310 g/mol. The van der Waals surface area contributed by atoms with Crippen molar-refractivity contribution in [2.24, 2.45) is 0 Å². The quantitative estimate of drug-likeness (QED) is 0.437. The van der Waals surface area contributed by atoms with E-state index in [0.717, 1.165) is 0 Å². The van der Waals surface area contributed by atoms with Gasteiger partial charge in [-0.25, -0.2) is 0 Å². The Morgan fingerprint density at radius 2 is 1.11 bits per heavy atom. The Hall–Kier alpha value is -1.06. The predicted octanol–water partition coefficient (Wildman–Crippen LogP) is 6.23. The van der Waals surface area contributed by atoms with Crippen molar-refractivity contribution in [1.29, 1.82) is 0 Å². The molecule has 0 fully saturated rings. The van der Waals surface area contributed by atoms with Gasteiger partial charge in [-0.05, 0) is 24.8 Å². The van der Waals surface area contributed by atoms with E-state index in [1.54, 1.807) is 11.8 Å². The summed E-state index contributed by atoms with van der Waals surface area (Å²) in [6, 6.07) is 8.40. The molecule has 0 aliphatic carbocycles. The molecule has 112 valence electrons. The fourth-order valence-corrected chi connectivity index (χ4v) is 1.39. The highest BCUT2D eigenvalue weighted by Crippen LogP contribution is 2.17. The minimum atomic E-state index is 0. The number of thioether (sulfide) groups is 1. The first-order chi connectivity index (χ1) is 8.34. The molecule has 0 aromatic heterocycles. The van der Waals surface area contributed by atoms with Crippen LogP contribution in [0.4, 0.5) is 41.3 Å². The van der Waals surface area contributed by atoms with Crippen LogP contribution in [0.3, 0.4) is 0 Å². The normalized spacial score (nSPS) is 6.11. The van der Waals surface area contributed by atoms with E-state index in [0.29, 0.717) is 0 Å². The molecule has 0 atom stereocenters. The smallest absolute Gasteiger partial charge is 0.00983 e. The van der Waals surface area contributed by atoms with Gasteiger partial charge in [-0.1, -0.05) is 18.2 Å². The van der Waals surface area contributed by atoms with Crippen molar-refractivity contribution in [2.75, 3.05) is 6.26 Å². The maximum absolute atomic E-state index is 8.00. The van der Waals surface area contributed by atoms with Crippen LogP contribution >= 0.6 is 11.8 Å². The second kappa shape index (κ2) is 36.0. The summed E-state index contributed by atoms with van der Waals surface area (Å²) in [5, 5.41) is 0. The number of benzene rings is 1. The van der Waals surface area contributed by atoms with Gasteiger partial charge in [0.1, 0.15) is 0 Å². The van der Waals surface area contributed by atoms with Gasteiger partial charge in [-0.15, -0.1) is 11.8 Å². The average molecular weight is 310 g/mol. The second-order valence-electron chi connectivity index (χ2n) is 1.97. The van der Waals surface area contributed by atoms with E-state index < -0.39 is 0 Å². The van der Waals surface area contributed by atoms with E-state index in [2.05, 4.69) is 37.4 Å². The molecule has 0 saturated carbocycles. The SMILES string of the molecule is CSc1ccccc1C.F.FF.FF.FF.FF. The molecular formula is C8H11F9S. The van der Waals surface area contributed by atoms with Crippen molar-refractivity contribution in [3.05, 3.63) is 29.8 Å². The zero-order valence-corrected chi connectivity index (χ0v) is 9.97. The molecule has 0 radical (unpaired) electrons. The van der Waals surface area contributed by atoms with Crippen LogP contribution in [0, 0.1) is 6.92 Å². The largest absolute Gasteiger partial charge is 0.269 e. The number of rotatable bonds is 1. The predicted molar refractivity (Wildman–Crippen MR) is 54.3 cm³/mol. The van der Waals surface area contributed by atoms with Gasteiger partial charge in [0, 0.05) is 41.5 Å². The third-order valence-corrected chi connectivity index (χ3v) is 2.21. The zero-order valence-electron chi connectivity index (χ0n) is 9.15. The van der Waals surface area contributed by atoms with Crippen LogP contribution in [-0.4, -0.2) is 6.26 Å². The first-order valence-electron chi connectivity index (χ1n) is 3.51. The molecule has 0 N–H and O–H groups in total. The summed E-state index contributed by atoms with van der Waals surface area (Å²) < 4.78 is 64.0. The highest BCUT2D eigenvalue weighted by Gasteiger charge is 1.90. The van der Waals surface area contributed by atoms with Crippen LogP contribution in [0.15, 0.2) is 29.2 Å². The lowest BCUT2D eigenvalue weighted by Crippen LogP contribution is -1.74. The fourth-order valence-electron chi connectivity index (χ4n) is 0.785. The van der Waals surface area contributed by atoms with Crippen LogP contribution in [0.1, 0.15) is 5.56 Å². The molecule has 0 saturated heterocycles. The average Bonchev–Trinajstić information content (AvgIpc) is 2.48. The molecular weight excluding hydrogens is 299 g/mol. The van der Waals surface area contributed by atoms with Gasteiger partial charge in [0.15, 0.2) is 0 Å². The second-order valence-corrected chi connectivity index (χ2v) is 2.82. The Morgan fingerprint density at radius 1 is 0.778 bits per heavy atom. The summed E-state index contributed by atoms with van der Waals surface area (Å²) in [7, 11) is 0.